The minimum Gasteiger partial charge on any atom is -0.497 e. The van der Waals surface area contributed by atoms with E-state index in [1.807, 2.05) is 77.5 Å². The highest BCUT2D eigenvalue weighted by Gasteiger charge is 2.18. The zero-order valence-corrected chi connectivity index (χ0v) is 19.3. The summed E-state index contributed by atoms with van der Waals surface area (Å²) < 4.78 is 12.7. The van der Waals surface area contributed by atoms with Crippen LogP contribution in [0, 0.1) is 0 Å². The summed E-state index contributed by atoms with van der Waals surface area (Å²) in [5.74, 6) is 2.35. The molecule has 0 saturated heterocycles. The second-order valence-corrected chi connectivity index (χ2v) is 8.50. The van der Waals surface area contributed by atoms with Gasteiger partial charge in [-0.1, -0.05) is 17.8 Å². The molecule has 0 aliphatic rings. The molecule has 0 saturated carbocycles. The topological polar surface area (TPSA) is 78.3 Å². The van der Waals surface area contributed by atoms with Crippen molar-refractivity contribution in [2.45, 2.75) is 12.1 Å². The fourth-order valence-corrected chi connectivity index (χ4v) is 4.47. The van der Waals surface area contributed by atoms with Crippen LogP contribution in [0.2, 0.25) is 0 Å². The maximum Gasteiger partial charge on any atom is 0.234 e. The van der Waals surface area contributed by atoms with Crippen molar-refractivity contribution in [3.8, 4) is 27.9 Å². The number of thiophene rings is 1. The van der Waals surface area contributed by atoms with Crippen LogP contribution < -0.4 is 14.8 Å². The van der Waals surface area contributed by atoms with Gasteiger partial charge in [-0.05, 0) is 66.9 Å². The summed E-state index contributed by atoms with van der Waals surface area (Å²) in [5, 5.41) is 14.3. The van der Waals surface area contributed by atoms with Gasteiger partial charge in [-0.25, -0.2) is 0 Å². The Labute approximate surface area is 194 Å². The van der Waals surface area contributed by atoms with Gasteiger partial charge in [-0.15, -0.1) is 21.5 Å². The molecule has 0 aliphatic heterocycles. The van der Waals surface area contributed by atoms with Crippen molar-refractivity contribution >= 4 is 34.7 Å². The quantitative estimate of drug-likeness (QED) is 0.345. The molecule has 0 spiro atoms. The van der Waals surface area contributed by atoms with Gasteiger partial charge in [0.1, 0.15) is 11.5 Å². The molecule has 0 fully saturated rings. The summed E-state index contributed by atoms with van der Waals surface area (Å²) in [5.41, 5.74) is 1.61. The van der Waals surface area contributed by atoms with Crippen molar-refractivity contribution < 1.29 is 14.3 Å². The number of thioether (sulfide) groups is 1. The van der Waals surface area contributed by atoms with Gasteiger partial charge in [-0.2, -0.15) is 0 Å². The van der Waals surface area contributed by atoms with Crippen molar-refractivity contribution in [3.05, 3.63) is 66.0 Å². The summed E-state index contributed by atoms with van der Waals surface area (Å²) in [7, 11) is 1.63. The fourth-order valence-electron chi connectivity index (χ4n) is 3.02. The Morgan fingerprint density at radius 2 is 1.81 bits per heavy atom. The first-order valence-electron chi connectivity index (χ1n) is 9.97. The first-order chi connectivity index (χ1) is 15.7. The highest BCUT2D eigenvalue weighted by Crippen LogP contribution is 2.31. The molecule has 0 radical (unpaired) electrons. The SMILES string of the molecule is CCOc1ccc(NC(=O)CSc2nnc(-c3cccs3)n2-c2ccc(OC)cc2)cc1. The third-order valence-corrected chi connectivity index (χ3v) is 6.28. The second-order valence-electron chi connectivity index (χ2n) is 6.61. The summed E-state index contributed by atoms with van der Waals surface area (Å²) >= 11 is 2.92. The van der Waals surface area contributed by atoms with Gasteiger partial charge < -0.3 is 14.8 Å². The summed E-state index contributed by atoms with van der Waals surface area (Å²) in [6.45, 7) is 2.53. The van der Waals surface area contributed by atoms with Gasteiger partial charge in [0.05, 0.1) is 30.0 Å². The summed E-state index contributed by atoms with van der Waals surface area (Å²) in [6.07, 6.45) is 0. The van der Waals surface area contributed by atoms with Crippen molar-refractivity contribution in [1.82, 2.24) is 14.8 Å². The molecule has 1 amide bonds. The number of hydrogen-bond donors (Lipinski definition) is 1. The molecule has 4 rings (SSSR count). The average Bonchev–Trinajstić information content (AvgIpc) is 3.49. The molecule has 7 nitrogen and oxygen atoms in total. The highest BCUT2D eigenvalue weighted by atomic mass is 32.2. The van der Waals surface area contributed by atoms with E-state index >= 15 is 0 Å². The Kier molecular flexibility index (Phi) is 7.08. The number of benzene rings is 2. The van der Waals surface area contributed by atoms with Crippen LogP contribution in [0.25, 0.3) is 16.4 Å². The molecule has 164 valence electrons. The lowest BCUT2D eigenvalue weighted by atomic mass is 10.3. The van der Waals surface area contributed by atoms with E-state index in [0.29, 0.717) is 11.8 Å². The first kappa shape index (κ1) is 21.9. The molecule has 0 atom stereocenters. The predicted molar refractivity (Wildman–Crippen MR) is 128 cm³/mol. The van der Waals surface area contributed by atoms with Gasteiger partial charge >= 0.3 is 0 Å². The zero-order valence-electron chi connectivity index (χ0n) is 17.6. The number of nitrogens with one attached hydrogen (secondary N) is 1. The zero-order chi connectivity index (χ0) is 22.3. The van der Waals surface area contributed by atoms with E-state index < -0.39 is 0 Å². The maximum absolute atomic E-state index is 12.5. The Morgan fingerprint density at radius 3 is 2.47 bits per heavy atom. The normalized spacial score (nSPS) is 10.7. The second kappa shape index (κ2) is 10.3. The first-order valence-corrected chi connectivity index (χ1v) is 11.8. The van der Waals surface area contributed by atoms with Crippen LogP contribution >= 0.6 is 23.1 Å². The van der Waals surface area contributed by atoms with Gasteiger partial charge in [-0.3, -0.25) is 9.36 Å². The fraction of sp³-hybridized carbons (Fsp3) is 0.174. The molecular formula is C23H22N4O3S2. The number of hydrogen-bond acceptors (Lipinski definition) is 7. The van der Waals surface area contributed by atoms with Crippen LogP contribution in [0.3, 0.4) is 0 Å². The molecule has 9 heteroatoms. The minimum atomic E-state index is -0.124. The molecule has 0 bridgehead atoms. The number of amides is 1. The van der Waals surface area contributed by atoms with Crippen molar-refractivity contribution in [2.24, 2.45) is 0 Å². The lowest BCUT2D eigenvalue weighted by Crippen LogP contribution is -2.14. The number of anilines is 1. The number of carbonyl (C=O) groups is 1. The molecule has 4 aromatic rings. The molecular weight excluding hydrogens is 444 g/mol. The summed E-state index contributed by atoms with van der Waals surface area (Å²) in [4.78, 5) is 13.5. The van der Waals surface area contributed by atoms with Gasteiger partial charge in [0.25, 0.3) is 0 Å². The van der Waals surface area contributed by atoms with Gasteiger partial charge in [0, 0.05) is 5.69 Å². The number of nitrogens with zero attached hydrogens (tertiary/aromatic N) is 3. The van der Waals surface area contributed by atoms with Crippen LogP contribution in [-0.4, -0.2) is 40.1 Å². The molecule has 0 aliphatic carbocycles. The lowest BCUT2D eigenvalue weighted by molar-refractivity contribution is -0.113. The van der Waals surface area contributed by atoms with E-state index in [0.717, 1.165) is 33.6 Å². The van der Waals surface area contributed by atoms with Gasteiger partial charge in [0.2, 0.25) is 5.91 Å². The number of ether oxygens (including phenoxy) is 2. The molecule has 2 aromatic carbocycles. The molecule has 0 unspecified atom stereocenters. The van der Waals surface area contributed by atoms with E-state index in [4.69, 9.17) is 9.47 Å². The van der Waals surface area contributed by atoms with E-state index in [-0.39, 0.29) is 11.7 Å². The Balaban J connectivity index is 1.51. The third kappa shape index (κ3) is 5.12. The van der Waals surface area contributed by atoms with E-state index in [9.17, 15) is 4.79 Å². The predicted octanol–water partition coefficient (Wildman–Crippen LogP) is 5.13. The monoisotopic (exact) mass is 466 g/mol. The molecule has 1 N–H and O–H groups in total. The van der Waals surface area contributed by atoms with Crippen molar-refractivity contribution in [3.63, 3.8) is 0 Å². The van der Waals surface area contributed by atoms with E-state index in [1.54, 1.807) is 18.4 Å². The van der Waals surface area contributed by atoms with Crippen LogP contribution in [0.15, 0.2) is 71.2 Å². The van der Waals surface area contributed by atoms with Gasteiger partial charge in [0.15, 0.2) is 11.0 Å². The van der Waals surface area contributed by atoms with Crippen LogP contribution in [-0.2, 0) is 4.79 Å². The minimum absolute atomic E-state index is 0.124. The summed E-state index contributed by atoms with van der Waals surface area (Å²) in [6, 6.07) is 19.0. The number of carbonyl (C=O) groups excluding carboxylic acids is 1. The lowest BCUT2D eigenvalue weighted by Gasteiger charge is -2.11. The smallest absolute Gasteiger partial charge is 0.234 e. The van der Waals surface area contributed by atoms with Crippen molar-refractivity contribution in [2.75, 3.05) is 24.8 Å². The average molecular weight is 467 g/mol. The number of methoxy groups -OCH3 is 1. The number of aromatic nitrogens is 3. The third-order valence-electron chi connectivity index (χ3n) is 4.49. The standard InChI is InChI=1S/C23H22N4O3S2/c1-3-30-19-10-6-16(7-11-19)24-21(28)15-32-23-26-25-22(20-5-4-14-31-20)27(23)17-8-12-18(29-2)13-9-17/h4-14H,3,15H2,1-2H3,(H,24,28). The molecule has 2 heterocycles. The van der Waals surface area contributed by atoms with E-state index in [1.165, 1.54) is 11.8 Å². The van der Waals surface area contributed by atoms with Crippen molar-refractivity contribution in [1.29, 1.82) is 0 Å². The largest absolute Gasteiger partial charge is 0.497 e. The highest BCUT2D eigenvalue weighted by molar-refractivity contribution is 7.99. The Bertz CT molecular complexity index is 1160. The van der Waals surface area contributed by atoms with Crippen LogP contribution in [0.5, 0.6) is 11.5 Å². The molecule has 32 heavy (non-hydrogen) atoms. The molecule has 2 aromatic heterocycles. The number of rotatable bonds is 9. The maximum atomic E-state index is 12.5. The Hall–Kier alpha value is -3.30. The van der Waals surface area contributed by atoms with E-state index in [2.05, 4.69) is 15.5 Å². The van der Waals surface area contributed by atoms with Crippen LogP contribution in [0.4, 0.5) is 5.69 Å². The Morgan fingerprint density at radius 1 is 1.06 bits per heavy atom. The van der Waals surface area contributed by atoms with Crippen LogP contribution in [0.1, 0.15) is 6.92 Å².